The minimum atomic E-state index is 0.0410. The van der Waals surface area contributed by atoms with Gasteiger partial charge in [-0.25, -0.2) is 0 Å². The van der Waals surface area contributed by atoms with E-state index in [1.807, 2.05) is 12.1 Å². The summed E-state index contributed by atoms with van der Waals surface area (Å²) in [4.78, 5) is 0. The van der Waals surface area contributed by atoms with Gasteiger partial charge in [-0.2, -0.15) is 0 Å². The normalized spacial score (nSPS) is 15.3. The molecule has 0 spiro atoms. The Hall–Kier alpha value is -3.66. The van der Waals surface area contributed by atoms with Crippen LogP contribution >= 0.6 is 0 Å². The van der Waals surface area contributed by atoms with E-state index in [2.05, 4.69) is 69.3 Å². The molecular formula is C31H25BO3. The highest BCUT2D eigenvalue weighted by atomic mass is 16.5. The van der Waals surface area contributed by atoms with E-state index < -0.39 is 0 Å². The first-order valence-electron chi connectivity index (χ1n) is 12.6. The highest BCUT2D eigenvalue weighted by molar-refractivity contribution is 6.98. The average molecular weight is 456 g/mol. The van der Waals surface area contributed by atoms with Crippen molar-refractivity contribution in [2.45, 2.75) is 45.4 Å². The second-order valence-electron chi connectivity index (χ2n) is 11.2. The van der Waals surface area contributed by atoms with Gasteiger partial charge in [0.15, 0.2) is 11.3 Å². The van der Waals surface area contributed by atoms with Crippen molar-refractivity contribution < 1.29 is 13.9 Å². The number of fused-ring (bicyclic) bond motifs is 10. The number of benzene rings is 4. The van der Waals surface area contributed by atoms with Gasteiger partial charge in [-0.05, 0) is 70.5 Å². The third-order valence-corrected chi connectivity index (χ3v) is 8.11. The molecule has 3 heterocycles. The van der Waals surface area contributed by atoms with Gasteiger partial charge >= 0.3 is 0 Å². The fraction of sp³-hybridized carbons (Fsp3) is 0.226. The minimum absolute atomic E-state index is 0.0410. The number of hydrogen-bond donors (Lipinski definition) is 0. The first-order chi connectivity index (χ1) is 17.0. The van der Waals surface area contributed by atoms with Crippen molar-refractivity contribution in [3.63, 3.8) is 0 Å². The number of rotatable bonds is 0. The molecule has 3 nitrogen and oxygen atoms in total. The summed E-state index contributed by atoms with van der Waals surface area (Å²) in [5.74, 6) is 3.49. The molecule has 0 radical (unpaired) electrons. The van der Waals surface area contributed by atoms with Crippen LogP contribution in [0.25, 0.3) is 21.9 Å². The molecule has 5 aromatic rings. The van der Waals surface area contributed by atoms with Crippen LogP contribution in [-0.4, -0.2) is 6.71 Å². The fourth-order valence-corrected chi connectivity index (χ4v) is 6.31. The van der Waals surface area contributed by atoms with E-state index in [1.54, 1.807) is 0 Å². The van der Waals surface area contributed by atoms with Crippen molar-refractivity contribution in [3.8, 4) is 23.0 Å². The van der Waals surface area contributed by atoms with Gasteiger partial charge in [-0.15, -0.1) is 0 Å². The Labute approximate surface area is 204 Å². The lowest BCUT2D eigenvalue weighted by atomic mass is 9.34. The van der Waals surface area contributed by atoms with E-state index >= 15 is 0 Å². The van der Waals surface area contributed by atoms with Crippen LogP contribution in [0.3, 0.4) is 0 Å². The van der Waals surface area contributed by atoms with Crippen LogP contribution in [0.5, 0.6) is 23.0 Å². The number of furan rings is 1. The van der Waals surface area contributed by atoms with Crippen LogP contribution in [-0.2, 0) is 18.3 Å². The first kappa shape index (κ1) is 19.6. The lowest BCUT2D eigenvalue weighted by Gasteiger charge is -2.33. The Morgan fingerprint density at radius 2 is 1.54 bits per heavy atom. The lowest BCUT2D eigenvalue weighted by Crippen LogP contribution is -2.57. The molecule has 0 unspecified atom stereocenters. The smallest absolute Gasteiger partial charge is 0.260 e. The predicted molar refractivity (Wildman–Crippen MR) is 142 cm³/mol. The van der Waals surface area contributed by atoms with Crippen molar-refractivity contribution in [2.75, 3.05) is 0 Å². The van der Waals surface area contributed by atoms with Crippen LogP contribution in [0.1, 0.15) is 43.9 Å². The number of ether oxygens (including phenoxy) is 2. The Kier molecular flexibility index (Phi) is 3.65. The minimum Gasteiger partial charge on any atom is -0.458 e. The molecule has 0 amide bonds. The molecule has 0 bridgehead atoms. The molecule has 0 saturated carbocycles. The van der Waals surface area contributed by atoms with Gasteiger partial charge < -0.3 is 13.9 Å². The highest BCUT2D eigenvalue weighted by Gasteiger charge is 2.41. The molecule has 2 aliphatic heterocycles. The first-order valence-corrected chi connectivity index (χ1v) is 12.6. The van der Waals surface area contributed by atoms with E-state index in [4.69, 9.17) is 13.9 Å². The summed E-state index contributed by atoms with van der Waals surface area (Å²) in [7, 11) is 0. The van der Waals surface area contributed by atoms with Crippen LogP contribution in [0.4, 0.5) is 0 Å². The Morgan fingerprint density at radius 1 is 0.743 bits per heavy atom. The molecule has 1 aliphatic carbocycles. The van der Waals surface area contributed by atoms with E-state index in [9.17, 15) is 0 Å². The molecule has 0 fully saturated rings. The third-order valence-electron chi connectivity index (χ3n) is 8.11. The van der Waals surface area contributed by atoms with Gasteiger partial charge in [0.05, 0.1) is 0 Å². The quantitative estimate of drug-likeness (QED) is 0.259. The monoisotopic (exact) mass is 456 g/mol. The van der Waals surface area contributed by atoms with Crippen LogP contribution < -0.4 is 25.9 Å². The van der Waals surface area contributed by atoms with Crippen molar-refractivity contribution in [1.82, 2.24) is 0 Å². The van der Waals surface area contributed by atoms with Gasteiger partial charge in [-0.3, -0.25) is 0 Å². The molecular weight excluding hydrogens is 431 g/mol. The SMILES string of the molecule is CC(C)(C)c1ccc2c(c1)B1c3ccc4c(oc5c6c(ccc54)CCC6)c3Oc3cccc(c31)O2. The number of hydrogen-bond acceptors (Lipinski definition) is 3. The van der Waals surface area contributed by atoms with Crippen molar-refractivity contribution >= 4 is 45.0 Å². The molecule has 0 atom stereocenters. The van der Waals surface area contributed by atoms with Crippen LogP contribution in [0.2, 0.25) is 0 Å². The summed E-state index contributed by atoms with van der Waals surface area (Å²) in [6, 6.07) is 21.7. The summed E-state index contributed by atoms with van der Waals surface area (Å²) in [6.45, 7) is 6.81. The molecule has 4 heteroatoms. The third kappa shape index (κ3) is 2.57. The van der Waals surface area contributed by atoms with E-state index in [0.717, 1.165) is 63.3 Å². The van der Waals surface area contributed by atoms with Crippen LogP contribution in [0, 0.1) is 0 Å². The topological polar surface area (TPSA) is 31.6 Å². The largest absolute Gasteiger partial charge is 0.458 e. The second-order valence-corrected chi connectivity index (χ2v) is 11.2. The predicted octanol–water partition coefficient (Wildman–Crippen LogP) is 6.10. The van der Waals surface area contributed by atoms with Gasteiger partial charge in [0, 0.05) is 16.2 Å². The molecule has 0 saturated heterocycles. The standard InChI is InChI=1S/C31H25BO3/c1-31(2,3)18-11-15-24-23(16-18)32-22-14-13-21-20-12-10-17-6-4-7-19(17)28(20)35-29(21)30(22)34-26-9-5-8-25(33-24)27(26)32/h5,8-16H,4,6-7H2,1-3H3. The maximum Gasteiger partial charge on any atom is 0.260 e. The molecule has 170 valence electrons. The van der Waals surface area contributed by atoms with E-state index in [-0.39, 0.29) is 12.1 Å². The molecule has 1 aromatic heterocycles. The zero-order chi connectivity index (χ0) is 23.5. The fourth-order valence-electron chi connectivity index (χ4n) is 6.31. The Balaban J connectivity index is 1.43. The maximum absolute atomic E-state index is 6.66. The summed E-state index contributed by atoms with van der Waals surface area (Å²) in [6.07, 6.45) is 3.43. The lowest BCUT2D eigenvalue weighted by molar-refractivity contribution is 0.461. The molecule has 4 aromatic carbocycles. The summed E-state index contributed by atoms with van der Waals surface area (Å²) >= 11 is 0. The zero-order valence-electron chi connectivity index (χ0n) is 20.2. The van der Waals surface area contributed by atoms with E-state index in [0.29, 0.717) is 0 Å². The van der Waals surface area contributed by atoms with Crippen LogP contribution in [0.15, 0.2) is 65.1 Å². The molecule has 0 N–H and O–H groups in total. The van der Waals surface area contributed by atoms with Gasteiger partial charge in [0.25, 0.3) is 6.71 Å². The molecule has 8 rings (SSSR count). The Morgan fingerprint density at radius 3 is 2.40 bits per heavy atom. The second kappa shape index (κ2) is 6.51. The summed E-state index contributed by atoms with van der Waals surface area (Å²) in [5, 5.41) is 2.32. The molecule has 3 aliphatic rings. The molecule has 35 heavy (non-hydrogen) atoms. The Bertz CT molecular complexity index is 1720. The summed E-state index contributed by atoms with van der Waals surface area (Å²) < 4.78 is 19.7. The van der Waals surface area contributed by atoms with E-state index in [1.165, 1.54) is 34.0 Å². The van der Waals surface area contributed by atoms with Gasteiger partial charge in [0.2, 0.25) is 0 Å². The summed E-state index contributed by atoms with van der Waals surface area (Å²) in [5.41, 5.74) is 9.48. The van der Waals surface area contributed by atoms with Gasteiger partial charge in [0.1, 0.15) is 22.8 Å². The zero-order valence-corrected chi connectivity index (χ0v) is 20.2. The van der Waals surface area contributed by atoms with Crippen molar-refractivity contribution in [2.24, 2.45) is 0 Å². The maximum atomic E-state index is 6.66. The number of aryl methyl sites for hydroxylation is 2. The van der Waals surface area contributed by atoms with Crippen molar-refractivity contribution in [3.05, 3.63) is 77.4 Å². The average Bonchev–Trinajstić information content (AvgIpc) is 3.47. The highest BCUT2D eigenvalue weighted by Crippen LogP contribution is 2.42. The van der Waals surface area contributed by atoms with Gasteiger partial charge in [-0.1, -0.05) is 63.2 Å². The van der Waals surface area contributed by atoms with Crippen molar-refractivity contribution in [1.29, 1.82) is 0 Å².